The average Bonchev–Trinajstić information content (AvgIpc) is 3.05. The van der Waals surface area contributed by atoms with Crippen LogP contribution >= 0.6 is 0 Å². The van der Waals surface area contributed by atoms with E-state index in [0.717, 1.165) is 29.9 Å². The van der Waals surface area contributed by atoms with Crippen molar-refractivity contribution in [3.8, 4) is 11.5 Å². The Morgan fingerprint density at radius 1 is 1.00 bits per heavy atom. The van der Waals surface area contributed by atoms with Crippen LogP contribution < -0.4 is 9.47 Å². The van der Waals surface area contributed by atoms with Gasteiger partial charge >= 0.3 is 0 Å². The van der Waals surface area contributed by atoms with Crippen molar-refractivity contribution in [2.75, 3.05) is 7.11 Å². The summed E-state index contributed by atoms with van der Waals surface area (Å²) in [6, 6.07) is 14.6. The first kappa shape index (κ1) is 26.3. The fourth-order valence-electron chi connectivity index (χ4n) is 6.44. The number of allylic oxidation sites excluding steroid dienone is 3. The molecule has 0 spiro atoms. The van der Waals surface area contributed by atoms with Gasteiger partial charge in [-0.1, -0.05) is 81.8 Å². The number of hydrogen-bond acceptors (Lipinski definition) is 3. The lowest BCUT2D eigenvalue weighted by molar-refractivity contribution is 0.0458. The Balaban J connectivity index is 1.41. The zero-order valence-corrected chi connectivity index (χ0v) is 24.8. The lowest BCUT2D eigenvalue weighted by atomic mass is 9.65. The highest BCUT2D eigenvalue weighted by atomic mass is 28.4. The second kappa shape index (κ2) is 9.78. The summed E-state index contributed by atoms with van der Waals surface area (Å²) in [5, 5.41) is 0.237. The van der Waals surface area contributed by atoms with Gasteiger partial charge in [0.05, 0.1) is 13.2 Å². The topological polar surface area (TPSA) is 27.7 Å². The number of hydrogen-bond donors (Lipinski definition) is 0. The van der Waals surface area contributed by atoms with Crippen LogP contribution in [0, 0.1) is 11.3 Å². The molecule has 3 atom stereocenters. The van der Waals surface area contributed by atoms with E-state index in [2.05, 4.69) is 77.2 Å². The predicted octanol–water partition coefficient (Wildman–Crippen LogP) is 8.74. The summed E-state index contributed by atoms with van der Waals surface area (Å²) < 4.78 is 19.3. The summed E-state index contributed by atoms with van der Waals surface area (Å²) in [5.41, 5.74) is 7.00. The highest BCUT2D eigenvalue weighted by Crippen LogP contribution is 2.58. The minimum Gasteiger partial charge on any atom is -0.493 e. The Bertz CT molecular complexity index is 1200. The van der Waals surface area contributed by atoms with Gasteiger partial charge in [-0.15, -0.1) is 0 Å². The summed E-state index contributed by atoms with van der Waals surface area (Å²) in [6.07, 6.45) is 10.7. The monoisotopic (exact) mass is 516 g/mol. The van der Waals surface area contributed by atoms with Crippen molar-refractivity contribution in [2.24, 2.45) is 11.3 Å². The molecule has 0 radical (unpaired) electrons. The second-order valence-corrected chi connectivity index (χ2v) is 17.8. The van der Waals surface area contributed by atoms with Crippen LogP contribution in [0.5, 0.6) is 11.5 Å². The molecule has 0 heterocycles. The standard InChI is InChI=1S/C33H44O3Si/c1-32(2,3)37(6,7)36-30-18-16-28-26-15-13-24-14-17-29(35-22-23-11-9-8-10-12-23)31(34-5)27(24)21-25(26)19-20-33(28,30)4/h8-15,17,28,30H,16,18-22H2,1-7H3/t28-,30-,33-/m0/s1. The third-order valence-corrected chi connectivity index (χ3v) is 14.3. The first-order valence-electron chi connectivity index (χ1n) is 14.0. The van der Waals surface area contributed by atoms with Crippen molar-refractivity contribution in [3.63, 3.8) is 0 Å². The molecule has 0 amide bonds. The number of fused-ring (bicyclic) bond motifs is 3. The molecule has 1 fully saturated rings. The Kier molecular flexibility index (Phi) is 6.95. The molecule has 0 aliphatic heterocycles. The molecule has 3 aliphatic rings. The summed E-state index contributed by atoms with van der Waals surface area (Å²) in [7, 11) is -0.0439. The van der Waals surface area contributed by atoms with Crippen molar-refractivity contribution in [2.45, 2.75) is 90.6 Å². The molecule has 0 saturated heterocycles. The highest BCUT2D eigenvalue weighted by Gasteiger charge is 2.53. The van der Waals surface area contributed by atoms with Crippen LogP contribution in [0.15, 0.2) is 59.7 Å². The van der Waals surface area contributed by atoms with E-state index >= 15 is 0 Å². The van der Waals surface area contributed by atoms with Crippen LogP contribution in [0.1, 0.15) is 70.1 Å². The van der Waals surface area contributed by atoms with Crippen LogP contribution in [-0.2, 0) is 17.5 Å². The molecule has 0 bridgehead atoms. The zero-order valence-electron chi connectivity index (χ0n) is 23.8. The zero-order chi connectivity index (χ0) is 26.4. The number of ether oxygens (including phenoxy) is 2. The Morgan fingerprint density at radius 2 is 1.76 bits per heavy atom. The van der Waals surface area contributed by atoms with E-state index in [4.69, 9.17) is 13.9 Å². The summed E-state index contributed by atoms with van der Waals surface area (Å²) >= 11 is 0. The molecule has 3 aliphatic carbocycles. The molecule has 5 rings (SSSR count). The first-order valence-corrected chi connectivity index (χ1v) is 16.9. The number of rotatable bonds is 6. The van der Waals surface area contributed by atoms with Crippen LogP contribution in [0.4, 0.5) is 0 Å². The van der Waals surface area contributed by atoms with Gasteiger partial charge < -0.3 is 13.9 Å². The van der Waals surface area contributed by atoms with Gasteiger partial charge in [0, 0.05) is 5.56 Å². The van der Waals surface area contributed by atoms with Gasteiger partial charge in [-0.05, 0) is 84.3 Å². The van der Waals surface area contributed by atoms with Gasteiger partial charge in [0.25, 0.3) is 0 Å². The van der Waals surface area contributed by atoms with Gasteiger partial charge in [0.1, 0.15) is 6.61 Å². The van der Waals surface area contributed by atoms with Gasteiger partial charge in [-0.2, -0.15) is 0 Å². The molecular formula is C33H44O3Si. The fraction of sp³-hybridized carbons (Fsp3) is 0.515. The average molecular weight is 517 g/mol. The number of benzene rings is 2. The maximum Gasteiger partial charge on any atom is 0.192 e. The van der Waals surface area contributed by atoms with E-state index in [-0.39, 0.29) is 10.5 Å². The van der Waals surface area contributed by atoms with Crippen LogP contribution in [0.3, 0.4) is 0 Å². The quantitative estimate of drug-likeness (QED) is 0.359. The van der Waals surface area contributed by atoms with E-state index in [1.807, 2.05) is 18.2 Å². The van der Waals surface area contributed by atoms with E-state index in [1.54, 1.807) is 18.3 Å². The van der Waals surface area contributed by atoms with E-state index in [0.29, 0.717) is 18.6 Å². The van der Waals surface area contributed by atoms with Crippen molar-refractivity contribution in [1.29, 1.82) is 0 Å². The smallest absolute Gasteiger partial charge is 0.192 e. The fourth-order valence-corrected chi connectivity index (χ4v) is 7.89. The van der Waals surface area contributed by atoms with E-state index < -0.39 is 8.32 Å². The Labute approximate surface area is 225 Å². The van der Waals surface area contributed by atoms with Crippen molar-refractivity contribution in [1.82, 2.24) is 0 Å². The van der Waals surface area contributed by atoms with Crippen LogP contribution in [-0.4, -0.2) is 21.5 Å². The maximum absolute atomic E-state index is 7.08. The van der Waals surface area contributed by atoms with Crippen LogP contribution in [0.25, 0.3) is 6.08 Å². The minimum absolute atomic E-state index is 0.212. The van der Waals surface area contributed by atoms with E-state index in [9.17, 15) is 0 Å². The molecular weight excluding hydrogens is 472 g/mol. The third-order valence-electron chi connectivity index (χ3n) is 9.78. The molecule has 37 heavy (non-hydrogen) atoms. The van der Waals surface area contributed by atoms with Crippen molar-refractivity contribution >= 4 is 14.4 Å². The molecule has 0 aromatic heterocycles. The lowest BCUT2D eigenvalue weighted by Crippen LogP contribution is -2.48. The predicted molar refractivity (Wildman–Crippen MR) is 156 cm³/mol. The lowest BCUT2D eigenvalue weighted by Gasteiger charge is -2.46. The Hall–Kier alpha value is -2.30. The summed E-state index contributed by atoms with van der Waals surface area (Å²) in [6.45, 7) is 14.9. The summed E-state index contributed by atoms with van der Waals surface area (Å²) in [4.78, 5) is 0. The molecule has 2 aromatic rings. The van der Waals surface area contributed by atoms with Gasteiger partial charge in [-0.3, -0.25) is 0 Å². The van der Waals surface area contributed by atoms with Gasteiger partial charge in [0.15, 0.2) is 19.8 Å². The normalized spacial score (nSPS) is 25.3. The van der Waals surface area contributed by atoms with E-state index in [1.165, 1.54) is 30.4 Å². The Morgan fingerprint density at radius 3 is 2.46 bits per heavy atom. The van der Waals surface area contributed by atoms with Gasteiger partial charge in [-0.25, -0.2) is 0 Å². The SMILES string of the molecule is COc1c(OCc2ccccc2)ccc2c1CC1=C(C=C2)[C@@H]2CC[C@H](O[Si](C)(C)C(C)(C)C)[C@@]2(C)CC1. The number of methoxy groups -OCH3 is 1. The third kappa shape index (κ3) is 4.83. The van der Waals surface area contributed by atoms with Crippen molar-refractivity contribution in [3.05, 3.63) is 76.4 Å². The largest absolute Gasteiger partial charge is 0.493 e. The molecule has 198 valence electrons. The molecule has 0 unspecified atom stereocenters. The molecule has 2 aromatic carbocycles. The molecule has 1 saturated carbocycles. The summed E-state index contributed by atoms with van der Waals surface area (Å²) in [5.74, 6) is 2.27. The molecule has 3 nitrogen and oxygen atoms in total. The van der Waals surface area contributed by atoms with Crippen LogP contribution in [0.2, 0.25) is 18.1 Å². The first-order chi connectivity index (χ1) is 17.5. The highest BCUT2D eigenvalue weighted by molar-refractivity contribution is 6.74. The van der Waals surface area contributed by atoms with Gasteiger partial charge in [0.2, 0.25) is 0 Å². The van der Waals surface area contributed by atoms with Crippen molar-refractivity contribution < 1.29 is 13.9 Å². The maximum atomic E-state index is 7.08. The molecule has 4 heteroatoms. The second-order valence-electron chi connectivity index (χ2n) is 13.0. The molecule has 0 N–H and O–H groups in total. The minimum atomic E-state index is -1.81.